The molecule has 0 aliphatic rings. The van der Waals surface area contributed by atoms with Crippen molar-refractivity contribution < 1.29 is 32.9 Å². The summed E-state index contributed by atoms with van der Waals surface area (Å²) in [4.78, 5) is 12.8. The highest BCUT2D eigenvalue weighted by Gasteiger charge is 2.50. The number of hydrogen-bond donors (Lipinski definition) is 0. The van der Waals surface area contributed by atoms with Gasteiger partial charge in [-0.05, 0) is 86.6 Å². The molecule has 0 aliphatic carbocycles. The van der Waals surface area contributed by atoms with Crippen molar-refractivity contribution in [2.75, 3.05) is 20.3 Å². The zero-order valence-corrected chi connectivity index (χ0v) is 30.4. The third-order valence-electron chi connectivity index (χ3n) is 8.00. The summed E-state index contributed by atoms with van der Waals surface area (Å²) in [5, 5.41) is 2.33. The van der Waals surface area contributed by atoms with E-state index in [0.29, 0.717) is 38.2 Å². The summed E-state index contributed by atoms with van der Waals surface area (Å²) in [7, 11) is -1.05. The molecule has 3 aromatic carbocycles. The molecule has 3 aromatic rings. The van der Waals surface area contributed by atoms with Crippen molar-refractivity contribution in [1.29, 1.82) is 0 Å². The smallest absolute Gasteiger partial charge is 0.330 e. The van der Waals surface area contributed by atoms with Crippen LogP contribution in [-0.4, -0.2) is 59.2 Å². The third-order valence-corrected chi connectivity index (χ3v) is 13.2. The monoisotopic (exact) mass is 662 g/mol. The summed E-state index contributed by atoms with van der Waals surface area (Å²) < 4.78 is 36.1. The molecular formula is C39H54O7Si. The number of methoxy groups -OCH3 is 1. The fraction of sp³-hybridized carbons (Fsp3) is 0.462. The maximum absolute atomic E-state index is 12.8. The first-order valence-corrected chi connectivity index (χ1v) is 18.6. The van der Waals surface area contributed by atoms with E-state index >= 15 is 0 Å². The van der Waals surface area contributed by atoms with Crippen LogP contribution in [0, 0.1) is 0 Å². The normalized spacial score (nSPS) is 14.1. The lowest BCUT2D eigenvalue weighted by atomic mass is 10.1. The lowest BCUT2D eigenvalue weighted by Crippen LogP contribution is -2.67. The number of hydrogen-bond acceptors (Lipinski definition) is 7. The number of rotatable bonds is 19. The molecule has 0 radical (unpaired) electrons. The van der Waals surface area contributed by atoms with Crippen LogP contribution in [0.3, 0.4) is 0 Å². The van der Waals surface area contributed by atoms with Crippen LogP contribution in [0.2, 0.25) is 5.04 Å². The standard InChI is InChI=1S/C39H54O7Si/c1-9-42-38(43-10-2)36(45-33-27-25-32(41-8)26-28-33)29-24-30(3)44-37(40)23-17-18-31(4)46-47(39(5,6)7,34-19-13-11-14-20-34)35-21-15-12-16-22-35/h11-17,19-23,25-28,30-31,36,38H,9-10,18,24,29H2,1-8H3/b23-17+/t30-,31+,36+/m0/s1. The molecule has 0 unspecified atom stereocenters. The van der Waals surface area contributed by atoms with Gasteiger partial charge in [0.2, 0.25) is 0 Å². The first-order valence-electron chi connectivity index (χ1n) is 16.7. The first-order chi connectivity index (χ1) is 22.5. The molecule has 3 rings (SSSR count). The molecule has 0 aliphatic heterocycles. The van der Waals surface area contributed by atoms with Crippen molar-refractivity contribution >= 4 is 24.7 Å². The average molecular weight is 663 g/mol. The van der Waals surface area contributed by atoms with Gasteiger partial charge in [0.1, 0.15) is 17.6 Å². The highest BCUT2D eigenvalue weighted by molar-refractivity contribution is 6.99. The molecule has 0 fully saturated rings. The molecule has 0 saturated carbocycles. The molecule has 0 amide bonds. The Morgan fingerprint density at radius 2 is 1.30 bits per heavy atom. The second-order valence-corrected chi connectivity index (χ2v) is 16.9. The van der Waals surface area contributed by atoms with Crippen LogP contribution in [0.5, 0.6) is 11.5 Å². The molecule has 0 aromatic heterocycles. The molecule has 47 heavy (non-hydrogen) atoms. The Kier molecular flexibility index (Phi) is 15.2. The molecule has 7 nitrogen and oxygen atoms in total. The van der Waals surface area contributed by atoms with E-state index in [9.17, 15) is 4.79 Å². The van der Waals surface area contributed by atoms with Gasteiger partial charge in [0.05, 0.1) is 13.2 Å². The Morgan fingerprint density at radius 3 is 1.79 bits per heavy atom. The van der Waals surface area contributed by atoms with Gasteiger partial charge in [0.25, 0.3) is 8.32 Å². The van der Waals surface area contributed by atoms with Gasteiger partial charge in [-0.15, -0.1) is 0 Å². The minimum atomic E-state index is -2.68. The van der Waals surface area contributed by atoms with Crippen molar-refractivity contribution in [1.82, 2.24) is 0 Å². The van der Waals surface area contributed by atoms with Gasteiger partial charge >= 0.3 is 5.97 Å². The highest BCUT2D eigenvalue weighted by atomic mass is 28.4. The molecule has 0 saturated heterocycles. The van der Waals surface area contributed by atoms with Gasteiger partial charge in [0.15, 0.2) is 6.29 Å². The zero-order chi connectivity index (χ0) is 34.3. The number of esters is 1. The molecule has 256 valence electrons. The van der Waals surface area contributed by atoms with Crippen LogP contribution in [-0.2, 0) is 23.4 Å². The molecule has 0 heterocycles. The van der Waals surface area contributed by atoms with Crippen molar-refractivity contribution in [3.05, 3.63) is 97.1 Å². The lowest BCUT2D eigenvalue weighted by Gasteiger charge is -2.44. The van der Waals surface area contributed by atoms with Crippen molar-refractivity contribution in [2.24, 2.45) is 0 Å². The molecule has 3 atom stereocenters. The Bertz CT molecular complexity index is 1290. The van der Waals surface area contributed by atoms with Gasteiger partial charge in [-0.25, -0.2) is 4.79 Å². The van der Waals surface area contributed by atoms with E-state index in [1.807, 2.05) is 63.2 Å². The van der Waals surface area contributed by atoms with E-state index < -0.39 is 14.6 Å². The Labute approximate surface area is 283 Å². The molecule has 0 bridgehead atoms. The van der Waals surface area contributed by atoms with Crippen LogP contribution >= 0.6 is 0 Å². The largest absolute Gasteiger partial charge is 0.497 e. The number of carbonyl (C=O) groups excluding carboxylic acids is 1. The van der Waals surface area contributed by atoms with Gasteiger partial charge in [0, 0.05) is 25.4 Å². The predicted octanol–water partition coefficient (Wildman–Crippen LogP) is 7.47. The summed E-state index contributed by atoms with van der Waals surface area (Å²) in [6.07, 6.45) is 3.70. The molecule has 0 N–H and O–H groups in total. The minimum absolute atomic E-state index is 0.118. The van der Waals surface area contributed by atoms with Gasteiger partial charge in [-0.3, -0.25) is 0 Å². The van der Waals surface area contributed by atoms with Crippen molar-refractivity contribution in [2.45, 2.75) is 97.4 Å². The van der Waals surface area contributed by atoms with E-state index in [4.69, 9.17) is 28.1 Å². The van der Waals surface area contributed by atoms with Crippen LogP contribution in [0.15, 0.2) is 97.1 Å². The fourth-order valence-corrected chi connectivity index (χ4v) is 10.5. The van der Waals surface area contributed by atoms with E-state index in [2.05, 4.69) is 76.2 Å². The molecule has 0 spiro atoms. The predicted molar refractivity (Wildman–Crippen MR) is 191 cm³/mol. The van der Waals surface area contributed by atoms with Gasteiger partial charge in [-0.1, -0.05) is 87.5 Å². The van der Waals surface area contributed by atoms with E-state index in [1.165, 1.54) is 16.4 Å². The number of carbonyl (C=O) groups is 1. The summed E-state index contributed by atoms with van der Waals surface area (Å²) >= 11 is 0. The average Bonchev–Trinajstić information content (AvgIpc) is 3.06. The van der Waals surface area contributed by atoms with E-state index in [0.717, 1.165) is 5.75 Å². The third kappa shape index (κ3) is 11.1. The van der Waals surface area contributed by atoms with Crippen LogP contribution in [0.25, 0.3) is 0 Å². The second-order valence-electron chi connectivity index (χ2n) is 12.7. The van der Waals surface area contributed by atoms with Gasteiger partial charge < -0.3 is 28.1 Å². The Hall–Kier alpha value is -3.43. The van der Waals surface area contributed by atoms with Crippen LogP contribution < -0.4 is 19.8 Å². The molecule has 8 heteroatoms. The van der Waals surface area contributed by atoms with E-state index in [-0.39, 0.29) is 29.3 Å². The maximum Gasteiger partial charge on any atom is 0.330 e. The van der Waals surface area contributed by atoms with E-state index in [1.54, 1.807) is 7.11 Å². The summed E-state index contributed by atoms with van der Waals surface area (Å²) in [6.45, 7) is 15.6. The topological polar surface area (TPSA) is 72.5 Å². The van der Waals surface area contributed by atoms with Crippen LogP contribution in [0.4, 0.5) is 0 Å². The minimum Gasteiger partial charge on any atom is -0.497 e. The lowest BCUT2D eigenvalue weighted by molar-refractivity contribution is -0.185. The van der Waals surface area contributed by atoms with Crippen molar-refractivity contribution in [3.63, 3.8) is 0 Å². The van der Waals surface area contributed by atoms with Crippen molar-refractivity contribution in [3.8, 4) is 11.5 Å². The van der Waals surface area contributed by atoms with Gasteiger partial charge in [-0.2, -0.15) is 0 Å². The first kappa shape index (κ1) is 38.0. The summed E-state index contributed by atoms with van der Waals surface area (Å²) in [5.41, 5.74) is 0. The summed E-state index contributed by atoms with van der Waals surface area (Å²) in [5.74, 6) is 1.05. The second kappa shape index (κ2) is 18.8. The zero-order valence-electron chi connectivity index (χ0n) is 29.4. The number of ether oxygens (including phenoxy) is 5. The Balaban J connectivity index is 1.63. The highest BCUT2D eigenvalue weighted by Crippen LogP contribution is 2.37. The fourth-order valence-electron chi connectivity index (χ4n) is 5.76. The van der Waals surface area contributed by atoms with Crippen LogP contribution in [0.1, 0.15) is 67.7 Å². The molecular weight excluding hydrogens is 609 g/mol. The summed E-state index contributed by atoms with van der Waals surface area (Å²) in [6, 6.07) is 28.5. The SMILES string of the molecule is CCOC(OCC)[C@@H](CC[C@H](C)OC(=O)/C=C/C[C@@H](C)O[Si](c1ccccc1)(c1ccccc1)C(C)(C)C)Oc1ccc(OC)cc1. The Morgan fingerprint density at radius 1 is 0.766 bits per heavy atom. The quantitative estimate of drug-likeness (QED) is 0.0571. The maximum atomic E-state index is 12.8. The number of benzene rings is 3.